The molecular weight excluding hydrogens is 316 g/mol. The molecule has 2 N–H and O–H groups in total. The first-order valence-corrected chi connectivity index (χ1v) is 8.01. The molecule has 0 fully saturated rings. The number of thiophene rings is 1. The minimum Gasteiger partial charge on any atom is -0.467 e. The normalized spacial score (nSPS) is 10.3. The van der Waals surface area contributed by atoms with Crippen LogP contribution in [-0.4, -0.2) is 24.1 Å². The predicted molar refractivity (Wildman–Crippen MR) is 86.2 cm³/mol. The molecule has 0 aromatic carbocycles. The van der Waals surface area contributed by atoms with Gasteiger partial charge in [-0.05, 0) is 31.2 Å². The van der Waals surface area contributed by atoms with Gasteiger partial charge in [-0.25, -0.2) is 0 Å². The second-order valence-electron chi connectivity index (χ2n) is 4.97. The third-order valence-electron chi connectivity index (χ3n) is 3.08. The lowest BCUT2D eigenvalue weighted by molar-refractivity contribution is -0.126. The van der Waals surface area contributed by atoms with E-state index in [1.54, 1.807) is 18.2 Å². The van der Waals surface area contributed by atoms with Gasteiger partial charge in [0.25, 0.3) is 0 Å². The number of aryl methyl sites for hydroxylation is 1. The molecule has 2 aromatic rings. The SMILES string of the molecule is Cc1ccc(C(=O)CCC(=O)NCC(=O)NCc2ccco2)s1. The van der Waals surface area contributed by atoms with E-state index in [2.05, 4.69) is 10.6 Å². The van der Waals surface area contributed by atoms with E-state index in [1.165, 1.54) is 17.6 Å². The van der Waals surface area contributed by atoms with Crippen LogP contribution in [0.5, 0.6) is 0 Å². The third-order valence-corrected chi connectivity index (χ3v) is 4.12. The summed E-state index contributed by atoms with van der Waals surface area (Å²) in [6.45, 7) is 2.08. The lowest BCUT2D eigenvalue weighted by Gasteiger charge is -2.05. The van der Waals surface area contributed by atoms with Gasteiger partial charge in [-0.2, -0.15) is 0 Å². The number of furan rings is 1. The molecule has 0 spiro atoms. The largest absolute Gasteiger partial charge is 0.467 e. The molecule has 2 rings (SSSR count). The van der Waals surface area contributed by atoms with Gasteiger partial charge in [0.2, 0.25) is 11.8 Å². The van der Waals surface area contributed by atoms with Gasteiger partial charge in [0.1, 0.15) is 5.76 Å². The van der Waals surface area contributed by atoms with Crippen LogP contribution in [0, 0.1) is 6.92 Å². The van der Waals surface area contributed by atoms with Crippen molar-refractivity contribution in [2.24, 2.45) is 0 Å². The van der Waals surface area contributed by atoms with Gasteiger partial charge in [-0.1, -0.05) is 0 Å². The summed E-state index contributed by atoms with van der Waals surface area (Å²) >= 11 is 1.42. The average Bonchev–Trinajstić information content (AvgIpc) is 3.19. The summed E-state index contributed by atoms with van der Waals surface area (Å²) in [5, 5.41) is 5.12. The minimum absolute atomic E-state index is 0.0551. The van der Waals surface area contributed by atoms with E-state index in [1.807, 2.05) is 13.0 Å². The van der Waals surface area contributed by atoms with Crippen LogP contribution in [-0.2, 0) is 16.1 Å². The van der Waals surface area contributed by atoms with Crippen LogP contribution in [0.15, 0.2) is 34.9 Å². The Morgan fingerprint density at radius 3 is 2.57 bits per heavy atom. The molecule has 0 saturated carbocycles. The van der Waals surface area contributed by atoms with Crippen molar-refractivity contribution >= 4 is 28.9 Å². The summed E-state index contributed by atoms with van der Waals surface area (Å²) in [5.74, 6) is -0.0447. The molecule has 0 aliphatic heterocycles. The average molecular weight is 334 g/mol. The second kappa shape index (κ2) is 8.28. The van der Waals surface area contributed by atoms with Crippen molar-refractivity contribution in [3.05, 3.63) is 46.0 Å². The van der Waals surface area contributed by atoms with E-state index in [4.69, 9.17) is 4.42 Å². The zero-order valence-electron chi connectivity index (χ0n) is 12.8. The Morgan fingerprint density at radius 2 is 1.91 bits per heavy atom. The van der Waals surface area contributed by atoms with Crippen LogP contribution < -0.4 is 10.6 Å². The van der Waals surface area contributed by atoms with Gasteiger partial charge in [0.05, 0.1) is 24.2 Å². The van der Waals surface area contributed by atoms with E-state index in [9.17, 15) is 14.4 Å². The number of rotatable bonds is 8. The van der Waals surface area contributed by atoms with Crippen LogP contribution in [0.4, 0.5) is 0 Å². The molecule has 0 aliphatic rings. The number of ketones is 1. The first-order valence-electron chi connectivity index (χ1n) is 7.20. The van der Waals surface area contributed by atoms with Crippen LogP contribution in [0.25, 0.3) is 0 Å². The van der Waals surface area contributed by atoms with Gasteiger partial charge >= 0.3 is 0 Å². The number of hydrogen-bond donors (Lipinski definition) is 2. The molecule has 0 aliphatic carbocycles. The van der Waals surface area contributed by atoms with Crippen molar-refractivity contribution in [3.8, 4) is 0 Å². The fraction of sp³-hybridized carbons (Fsp3) is 0.312. The lowest BCUT2D eigenvalue weighted by Crippen LogP contribution is -2.36. The molecule has 122 valence electrons. The summed E-state index contributed by atoms with van der Waals surface area (Å²) < 4.78 is 5.08. The van der Waals surface area contributed by atoms with Crippen LogP contribution in [0.1, 0.15) is 33.2 Å². The van der Waals surface area contributed by atoms with Crippen molar-refractivity contribution in [1.29, 1.82) is 0 Å². The molecule has 23 heavy (non-hydrogen) atoms. The maximum atomic E-state index is 11.9. The quantitative estimate of drug-likeness (QED) is 0.723. The Bertz CT molecular complexity index is 676. The van der Waals surface area contributed by atoms with E-state index in [0.717, 1.165) is 4.88 Å². The predicted octanol–water partition coefficient (Wildman–Crippen LogP) is 2.05. The van der Waals surface area contributed by atoms with Crippen molar-refractivity contribution in [1.82, 2.24) is 10.6 Å². The highest BCUT2D eigenvalue weighted by Gasteiger charge is 2.12. The maximum absolute atomic E-state index is 11.9. The Hall–Kier alpha value is -2.41. The fourth-order valence-corrected chi connectivity index (χ4v) is 2.70. The van der Waals surface area contributed by atoms with E-state index < -0.39 is 0 Å². The van der Waals surface area contributed by atoms with Crippen molar-refractivity contribution in [2.45, 2.75) is 26.3 Å². The molecule has 0 atom stereocenters. The number of amides is 2. The number of carbonyl (C=O) groups excluding carboxylic acids is 3. The minimum atomic E-state index is -0.320. The number of Topliss-reactive ketones (excluding diaryl/α,β-unsaturated/α-hetero) is 1. The van der Waals surface area contributed by atoms with Gasteiger partial charge < -0.3 is 15.1 Å². The van der Waals surface area contributed by atoms with Crippen molar-refractivity contribution < 1.29 is 18.8 Å². The van der Waals surface area contributed by atoms with Crippen LogP contribution in [0.2, 0.25) is 0 Å². The van der Waals surface area contributed by atoms with Gasteiger partial charge in [0, 0.05) is 17.7 Å². The highest BCUT2D eigenvalue weighted by Crippen LogP contribution is 2.17. The van der Waals surface area contributed by atoms with Crippen LogP contribution >= 0.6 is 11.3 Å². The second-order valence-corrected chi connectivity index (χ2v) is 6.25. The molecule has 2 heterocycles. The number of nitrogens with one attached hydrogen (secondary N) is 2. The lowest BCUT2D eigenvalue weighted by atomic mass is 10.2. The Morgan fingerprint density at radius 1 is 1.09 bits per heavy atom. The van der Waals surface area contributed by atoms with Gasteiger partial charge in [-0.15, -0.1) is 11.3 Å². The van der Waals surface area contributed by atoms with Crippen molar-refractivity contribution in [3.63, 3.8) is 0 Å². The summed E-state index contributed by atoms with van der Waals surface area (Å²) in [6, 6.07) is 7.12. The zero-order chi connectivity index (χ0) is 16.7. The highest BCUT2D eigenvalue weighted by atomic mass is 32.1. The molecular formula is C16H18N2O4S. The number of carbonyl (C=O) groups is 3. The Kier molecular flexibility index (Phi) is 6.10. The van der Waals surface area contributed by atoms with E-state index in [-0.39, 0.29) is 43.5 Å². The van der Waals surface area contributed by atoms with Gasteiger partial charge in [-0.3, -0.25) is 14.4 Å². The Balaban J connectivity index is 1.62. The smallest absolute Gasteiger partial charge is 0.239 e. The van der Waals surface area contributed by atoms with E-state index >= 15 is 0 Å². The molecule has 0 saturated heterocycles. The standard InChI is InChI=1S/C16H18N2O4S/c1-11-4-6-14(23-11)13(19)5-7-15(20)18-10-16(21)17-9-12-3-2-8-22-12/h2-4,6,8H,5,7,9-10H2,1H3,(H,17,21)(H,18,20). The molecule has 0 unspecified atom stereocenters. The van der Waals surface area contributed by atoms with E-state index in [0.29, 0.717) is 10.6 Å². The number of hydrogen-bond acceptors (Lipinski definition) is 5. The maximum Gasteiger partial charge on any atom is 0.239 e. The molecule has 0 bridgehead atoms. The van der Waals surface area contributed by atoms with Crippen molar-refractivity contribution in [2.75, 3.05) is 6.54 Å². The summed E-state index contributed by atoms with van der Waals surface area (Å²) in [4.78, 5) is 36.8. The summed E-state index contributed by atoms with van der Waals surface area (Å²) in [5.41, 5.74) is 0. The fourth-order valence-electron chi connectivity index (χ4n) is 1.86. The first-order chi connectivity index (χ1) is 11.0. The highest BCUT2D eigenvalue weighted by molar-refractivity contribution is 7.14. The summed E-state index contributed by atoms with van der Waals surface area (Å²) in [6.07, 6.45) is 1.73. The molecule has 2 aromatic heterocycles. The zero-order valence-corrected chi connectivity index (χ0v) is 13.6. The molecule has 7 heteroatoms. The van der Waals surface area contributed by atoms with Crippen LogP contribution in [0.3, 0.4) is 0 Å². The monoisotopic (exact) mass is 334 g/mol. The van der Waals surface area contributed by atoms with Gasteiger partial charge in [0.15, 0.2) is 5.78 Å². The topological polar surface area (TPSA) is 88.4 Å². The first kappa shape index (κ1) is 17.0. The summed E-state index contributed by atoms with van der Waals surface area (Å²) in [7, 11) is 0. The Labute approximate surface area is 137 Å². The molecule has 2 amide bonds. The molecule has 0 radical (unpaired) electrons. The third kappa shape index (κ3) is 5.71. The molecule has 6 nitrogen and oxygen atoms in total.